The lowest BCUT2D eigenvalue weighted by Crippen LogP contribution is -2.59. The summed E-state index contributed by atoms with van der Waals surface area (Å²) in [5.41, 5.74) is 11.1. The van der Waals surface area contributed by atoms with Crippen molar-refractivity contribution in [3.63, 3.8) is 0 Å². The number of hydrogen-bond acceptors (Lipinski definition) is 8. The first kappa shape index (κ1) is 29.2. The number of carboxylic acid groups (broad SMARTS) is 2. The summed E-state index contributed by atoms with van der Waals surface area (Å²) in [5.74, 6) is -5.79. The third kappa shape index (κ3) is 10.5. The maximum atomic E-state index is 12.8. The van der Waals surface area contributed by atoms with E-state index in [2.05, 4.69) is 16.0 Å². The number of amides is 3. The van der Waals surface area contributed by atoms with Crippen molar-refractivity contribution >= 4 is 29.7 Å². The Hall–Kier alpha value is -2.77. The topological polar surface area (TPSA) is 234 Å². The Labute approximate surface area is 186 Å². The monoisotopic (exact) mass is 461 g/mol. The van der Waals surface area contributed by atoms with Gasteiger partial charge < -0.3 is 42.7 Å². The molecule has 0 aliphatic carbocycles. The summed E-state index contributed by atoms with van der Waals surface area (Å²) >= 11 is 0. The van der Waals surface area contributed by atoms with Gasteiger partial charge in [0.1, 0.15) is 24.2 Å². The number of aliphatic carboxylic acids is 2. The number of carboxylic acids is 2. The summed E-state index contributed by atoms with van der Waals surface area (Å²) in [6.07, 6.45) is -0.749. The molecule has 0 aliphatic rings. The highest BCUT2D eigenvalue weighted by molar-refractivity contribution is 5.94. The molecule has 0 saturated carbocycles. The zero-order valence-corrected chi connectivity index (χ0v) is 18.5. The Balaban J connectivity index is 5.44. The van der Waals surface area contributed by atoms with Crippen molar-refractivity contribution in [2.24, 2.45) is 17.4 Å². The van der Waals surface area contributed by atoms with Crippen molar-refractivity contribution in [3.8, 4) is 0 Å². The number of aliphatic hydroxyl groups excluding tert-OH is 1. The third-order valence-electron chi connectivity index (χ3n) is 4.64. The van der Waals surface area contributed by atoms with Crippen LogP contribution < -0.4 is 27.4 Å². The molecule has 184 valence electrons. The van der Waals surface area contributed by atoms with Crippen molar-refractivity contribution in [2.75, 3.05) is 6.54 Å². The van der Waals surface area contributed by atoms with Gasteiger partial charge in [0.15, 0.2) is 0 Å². The maximum Gasteiger partial charge on any atom is 0.326 e. The van der Waals surface area contributed by atoms with Gasteiger partial charge in [0.05, 0.1) is 12.5 Å². The maximum absolute atomic E-state index is 12.8. The molecule has 0 spiro atoms. The summed E-state index contributed by atoms with van der Waals surface area (Å²) < 4.78 is 0. The van der Waals surface area contributed by atoms with Crippen molar-refractivity contribution in [3.05, 3.63) is 0 Å². The van der Waals surface area contributed by atoms with Crippen LogP contribution in [0.4, 0.5) is 0 Å². The zero-order valence-electron chi connectivity index (χ0n) is 18.5. The van der Waals surface area contributed by atoms with Gasteiger partial charge >= 0.3 is 11.9 Å². The van der Waals surface area contributed by atoms with Crippen LogP contribution in [0.1, 0.15) is 46.5 Å². The van der Waals surface area contributed by atoms with Crippen molar-refractivity contribution in [1.82, 2.24) is 16.0 Å². The van der Waals surface area contributed by atoms with Crippen LogP contribution >= 0.6 is 0 Å². The predicted octanol–water partition coefficient (Wildman–Crippen LogP) is -2.51. The molecule has 0 aliphatic heterocycles. The predicted molar refractivity (Wildman–Crippen MR) is 113 cm³/mol. The summed E-state index contributed by atoms with van der Waals surface area (Å²) in [5, 5.41) is 34.5. The van der Waals surface area contributed by atoms with Crippen molar-refractivity contribution in [1.29, 1.82) is 0 Å². The summed E-state index contributed by atoms with van der Waals surface area (Å²) in [6.45, 7) is 4.89. The SMILES string of the molecule is CC(C)C(NC(=O)C(CCCCN)NC(=O)C(N)C(C)O)C(=O)NC(CC(=O)O)C(=O)O. The molecule has 0 saturated heterocycles. The normalized spacial score (nSPS) is 15.7. The lowest BCUT2D eigenvalue weighted by Gasteiger charge is -2.27. The largest absolute Gasteiger partial charge is 0.481 e. The molecule has 0 bridgehead atoms. The third-order valence-corrected chi connectivity index (χ3v) is 4.64. The molecule has 0 aromatic rings. The van der Waals surface area contributed by atoms with Crippen molar-refractivity contribution in [2.45, 2.75) is 76.7 Å². The summed E-state index contributed by atoms with van der Waals surface area (Å²) in [4.78, 5) is 59.7. The number of aliphatic hydroxyl groups is 1. The van der Waals surface area contributed by atoms with Gasteiger partial charge in [-0.3, -0.25) is 19.2 Å². The second kappa shape index (κ2) is 14.3. The number of hydrogen-bond donors (Lipinski definition) is 8. The molecule has 0 rings (SSSR count). The highest BCUT2D eigenvalue weighted by Crippen LogP contribution is 2.07. The molecule has 3 amide bonds. The van der Waals surface area contributed by atoms with E-state index < -0.39 is 72.3 Å². The fraction of sp³-hybridized carbons (Fsp3) is 0.737. The molecule has 5 atom stereocenters. The Morgan fingerprint density at radius 3 is 1.84 bits per heavy atom. The molecule has 0 radical (unpaired) electrons. The number of nitrogens with one attached hydrogen (secondary N) is 3. The van der Waals surface area contributed by atoms with E-state index in [-0.39, 0.29) is 6.42 Å². The Morgan fingerprint density at radius 1 is 0.844 bits per heavy atom. The molecule has 0 heterocycles. The smallest absolute Gasteiger partial charge is 0.326 e. The minimum absolute atomic E-state index is 0.185. The van der Waals surface area contributed by atoms with E-state index in [9.17, 15) is 29.1 Å². The van der Waals surface area contributed by atoms with Gasteiger partial charge in [0.2, 0.25) is 17.7 Å². The van der Waals surface area contributed by atoms with Crippen LogP contribution in [0.5, 0.6) is 0 Å². The van der Waals surface area contributed by atoms with Crippen LogP contribution in [0.3, 0.4) is 0 Å². The molecule has 13 heteroatoms. The van der Waals surface area contributed by atoms with Crippen LogP contribution in [0.25, 0.3) is 0 Å². The lowest BCUT2D eigenvalue weighted by atomic mass is 10.0. The first-order chi connectivity index (χ1) is 14.8. The van der Waals surface area contributed by atoms with E-state index in [1.54, 1.807) is 13.8 Å². The van der Waals surface area contributed by atoms with Gasteiger partial charge in [0.25, 0.3) is 0 Å². The molecule has 10 N–H and O–H groups in total. The quantitative estimate of drug-likeness (QED) is 0.119. The van der Waals surface area contributed by atoms with Gasteiger partial charge in [-0.2, -0.15) is 0 Å². The van der Waals surface area contributed by atoms with Gasteiger partial charge in [-0.1, -0.05) is 13.8 Å². The molecule has 0 fully saturated rings. The zero-order chi connectivity index (χ0) is 25.0. The molecule has 32 heavy (non-hydrogen) atoms. The van der Waals surface area contributed by atoms with Gasteiger partial charge in [0, 0.05) is 0 Å². The molecular formula is C19H35N5O8. The summed E-state index contributed by atoms with van der Waals surface area (Å²) in [6, 6.07) is -5.22. The van der Waals surface area contributed by atoms with Crippen molar-refractivity contribution < 1.29 is 39.3 Å². The van der Waals surface area contributed by atoms with Gasteiger partial charge in [-0.15, -0.1) is 0 Å². The van der Waals surface area contributed by atoms with E-state index >= 15 is 0 Å². The number of rotatable bonds is 15. The lowest BCUT2D eigenvalue weighted by molar-refractivity contribution is -0.147. The standard InChI is InChI=1S/C19H35N5O8/c1-9(2)15(18(30)23-12(19(31)32)8-13(26)27)24-16(28)11(6-4-5-7-20)22-17(29)14(21)10(3)25/h9-12,14-15,25H,4-8,20-21H2,1-3H3,(H,22,29)(H,23,30)(H,24,28)(H,26,27)(H,31,32). The first-order valence-corrected chi connectivity index (χ1v) is 10.3. The molecule has 13 nitrogen and oxygen atoms in total. The number of carbonyl (C=O) groups is 5. The average molecular weight is 462 g/mol. The fourth-order valence-electron chi connectivity index (χ4n) is 2.67. The minimum Gasteiger partial charge on any atom is -0.481 e. The van der Waals surface area contributed by atoms with Crippen LogP contribution in [0, 0.1) is 5.92 Å². The molecular weight excluding hydrogens is 426 g/mol. The van der Waals surface area contributed by atoms with Gasteiger partial charge in [-0.05, 0) is 38.6 Å². The second-order valence-corrected chi connectivity index (χ2v) is 7.84. The van der Waals surface area contributed by atoms with Gasteiger partial charge in [-0.25, -0.2) is 4.79 Å². The second-order valence-electron chi connectivity index (χ2n) is 7.84. The van der Waals surface area contributed by atoms with Crippen LogP contribution in [-0.2, 0) is 24.0 Å². The highest BCUT2D eigenvalue weighted by Gasteiger charge is 2.32. The fourth-order valence-corrected chi connectivity index (χ4v) is 2.67. The number of carbonyl (C=O) groups excluding carboxylic acids is 3. The number of nitrogens with two attached hydrogens (primary N) is 2. The Bertz CT molecular complexity index is 670. The van der Waals surface area contributed by atoms with E-state index in [0.29, 0.717) is 19.4 Å². The molecule has 0 aromatic heterocycles. The van der Waals surface area contributed by atoms with E-state index in [1.165, 1.54) is 6.92 Å². The average Bonchev–Trinajstić information content (AvgIpc) is 2.68. The molecule has 5 unspecified atom stereocenters. The minimum atomic E-state index is -1.68. The van der Waals surface area contributed by atoms with E-state index in [0.717, 1.165) is 0 Å². The van der Waals surface area contributed by atoms with E-state index in [1.807, 2.05) is 0 Å². The van der Waals surface area contributed by atoms with Crippen LogP contribution in [0.15, 0.2) is 0 Å². The van der Waals surface area contributed by atoms with Crippen LogP contribution in [-0.4, -0.2) is 81.8 Å². The number of unbranched alkanes of at least 4 members (excludes halogenated alkanes) is 1. The molecule has 0 aromatic carbocycles. The van der Waals surface area contributed by atoms with Crippen LogP contribution in [0.2, 0.25) is 0 Å². The summed E-state index contributed by atoms with van der Waals surface area (Å²) in [7, 11) is 0. The highest BCUT2D eigenvalue weighted by atomic mass is 16.4. The first-order valence-electron chi connectivity index (χ1n) is 10.3. The Kier molecular flexibility index (Phi) is 13.1. The Morgan fingerprint density at radius 2 is 1.41 bits per heavy atom. The van der Waals surface area contributed by atoms with E-state index in [4.69, 9.17) is 21.7 Å².